The lowest BCUT2D eigenvalue weighted by atomic mass is 10.1. The first-order chi connectivity index (χ1) is 19.2. The molecule has 0 saturated heterocycles. The monoisotopic (exact) mass is 567 g/mol. The van der Waals surface area contributed by atoms with E-state index in [0.717, 1.165) is 9.87 Å². The number of rotatable bonds is 14. The number of ether oxygens (including phenoxy) is 2. The van der Waals surface area contributed by atoms with E-state index in [0.29, 0.717) is 36.8 Å². The molecule has 1 N–H and O–H groups in total. The average Bonchev–Trinajstić information content (AvgIpc) is 2.97. The lowest BCUT2D eigenvalue weighted by molar-refractivity contribution is -0.140. The molecule has 0 aliphatic carbocycles. The Hall–Kier alpha value is -4.05. The number of sulfonamides is 1. The van der Waals surface area contributed by atoms with E-state index >= 15 is 0 Å². The number of benzene rings is 3. The highest BCUT2D eigenvalue weighted by molar-refractivity contribution is 7.92. The third kappa shape index (κ3) is 7.53. The Bertz CT molecular complexity index is 1350. The first-order valence-electron chi connectivity index (χ1n) is 13.3. The van der Waals surface area contributed by atoms with Crippen molar-refractivity contribution in [3.8, 4) is 11.5 Å². The van der Waals surface area contributed by atoms with E-state index < -0.39 is 28.5 Å². The van der Waals surface area contributed by atoms with Crippen LogP contribution in [0.15, 0.2) is 83.8 Å². The summed E-state index contributed by atoms with van der Waals surface area (Å²) in [7, 11) is -2.58. The Morgan fingerprint density at radius 3 is 2.05 bits per heavy atom. The molecule has 3 aromatic rings. The molecule has 0 saturated carbocycles. The highest BCUT2D eigenvalue weighted by Crippen LogP contribution is 2.26. The van der Waals surface area contributed by atoms with Crippen LogP contribution in [0, 0.1) is 0 Å². The number of nitrogens with one attached hydrogen (secondary N) is 1. The molecule has 0 aliphatic heterocycles. The van der Waals surface area contributed by atoms with Crippen LogP contribution in [0.1, 0.15) is 32.8 Å². The molecule has 1 unspecified atom stereocenters. The lowest BCUT2D eigenvalue weighted by Crippen LogP contribution is -2.52. The summed E-state index contributed by atoms with van der Waals surface area (Å²) in [5.41, 5.74) is 1.11. The van der Waals surface area contributed by atoms with Crippen molar-refractivity contribution in [1.82, 2.24) is 10.2 Å². The molecule has 0 aliphatic rings. The number of anilines is 1. The second-order valence-electron chi connectivity index (χ2n) is 8.94. The maximum atomic E-state index is 14.0. The molecular formula is C30H37N3O6S. The molecule has 10 heteroatoms. The molecule has 3 rings (SSSR count). The largest absolute Gasteiger partial charge is 0.497 e. The lowest BCUT2D eigenvalue weighted by Gasteiger charge is -2.33. The molecule has 3 aromatic carbocycles. The molecular weight excluding hydrogens is 530 g/mol. The van der Waals surface area contributed by atoms with Crippen molar-refractivity contribution in [3.05, 3.63) is 84.4 Å². The Labute approximate surface area is 236 Å². The summed E-state index contributed by atoms with van der Waals surface area (Å²) in [6.07, 6.45) is 0.352. The number of nitrogens with zero attached hydrogens (tertiary/aromatic N) is 2. The summed E-state index contributed by atoms with van der Waals surface area (Å²) < 4.78 is 39.5. The first kappa shape index (κ1) is 30.5. The zero-order valence-corrected chi connectivity index (χ0v) is 24.2. The molecule has 0 fully saturated rings. The Kier molecular flexibility index (Phi) is 11.0. The van der Waals surface area contributed by atoms with Crippen LogP contribution in [0.25, 0.3) is 0 Å². The van der Waals surface area contributed by atoms with Gasteiger partial charge in [0.25, 0.3) is 10.0 Å². The van der Waals surface area contributed by atoms with E-state index in [1.807, 2.05) is 26.0 Å². The van der Waals surface area contributed by atoms with Gasteiger partial charge in [0.2, 0.25) is 11.8 Å². The zero-order valence-electron chi connectivity index (χ0n) is 23.4. The summed E-state index contributed by atoms with van der Waals surface area (Å²) in [5.74, 6) is 0.399. The van der Waals surface area contributed by atoms with Gasteiger partial charge < -0.3 is 19.7 Å². The van der Waals surface area contributed by atoms with E-state index in [9.17, 15) is 18.0 Å². The standard InChI is InChI=1S/C30H37N3O6S/c1-5-28(30(35)31-6-2)32(21-23-13-15-25(38-4)16-14-23)29(34)22-33(24-11-9-8-10-12-24)40(36,37)27-19-17-26(18-20-27)39-7-3/h8-20,28H,5-7,21-22H2,1-4H3,(H,31,35). The van der Waals surface area contributed by atoms with Crippen LogP contribution in [0.5, 0.6) is 11.5 Å². The topological polar surface area (TPSA) is 105 Å². The second-order valence-corrected chi connectivity index (χ2v) is 10.8. The van der Waals surface area contributed by atoms with Crippen molar-refractivity contribution < 1.29 is 27.5 Å². The van der Waals surface area contributed by atoms with Gasteiger partial charge in [-0.25, -0.2) is 8.42 Å². The van der Waals surface area contributed by atoms with Gasteiger partial charge in [-0.1, -0.05) is 37.3 Å². The molecule has 0 heterocycles. The molecule has 0 spiro atoms. The fraction of sp³-hybridized carbons (Fsp3) is 0.333. The van der Waals surface area contributed by atoms with Crippen LogP contribution in [0.2, 0.25) is 0 Å². The van der Waals surface area contributed by atoms with Crippen LogP contribution >= 0.6 is 0 Å². The smallest absolute Gasteiger partial charge is 0.264 e. The fourth-order valence-electron chi connectivity index (χ4n) is 4.26. The Morgan fingerprint density at radius 1 is 0.875 bits per heavy atom. The van der Waals surface area contributed by atoms with Crippen molar-refractivity contribution in [2.24, 2.45) is 0 Å². The Balaban J connectivity index is 2.01. The van der Waals surface area contributed by atoms with Crippen molar-refractivity contribution >= 4 is 27.5 Å². The number of carbonyl (C=O) groups excluding carboxylic acids is 2. The van der Waals surface area contributed by atoms with E-state index in [2.05, 4.69) is 5.32 Å². The van der Waals surface area contributed by atoms with Crippen LogP contribution in [0.4, 0.5) is 5.69 Å². The highest BCUT2D eigenvalue weighted by atomic mass is 32.2. The summed E-state index contributed by atoms with van der Waals surface area (Å²) in [5, 5.41) is 2.80. The van der Waals surface area contributed by atoms with Gasteiger partial charge in [-0.2, -0.15) is 0 Å². The molecule has 0 radical (unpaired) electrons. The zero-order chi connectivity index (χ0) is 29.1. The van der Waals surface area contributed by atoms with Crippen LogP contribution in [0.3, 0.4) is 0 Å². The van der Waals surface area contributed by atoms with Crippen molar-refractivity contribution in [2.75, 3.05) is 31.1 Å². The molecule has 0 bridgehead atoms. The van der Waals surface area contributed by atoms with Gasteiger partial charge >= 0.3 is 0 Å². The number of amides is 2. The van der Waals surface area contributed by atoms with Gasteiger partial charge in [0, 0.05) is 13.1 Å². The summed E-state index contributed by atoms with van der Waals surface area (Å²) in [6.45, 7) is 5.94. The van der Waals surface area contributed by atoms with Crippen LogP contribution in [-0.2, 0) is 26.2 Å². The quantitative estimate of drug-likeness (QED) is 0.313. The maximum Gasteiger partial charge on any atom is 0.264 e. The van der Waals surface area contributed by atoms with Gasteiger partial charge in [-0.3, -0.25) is 13.9 Å². The minimum absolute atomic E-state index is 0.0186. The van der Waals surface area contributed by atoms with Gasteiger partial charge in [0.05, 0.1) is 24.3 Å². The molecule has 9 nitrogen and oxygen atoms in total. The highest BCUT2D eigenvalue weighted by Gasteiger charge is 2.33. The molecule has 214 valence electrons. The Morgan fingerprint density at radius 2 is 1.50 bits per heavy atom. The minimum atomic E-state index is -4.15. The molecule has 2 amide bonds. The molecule has 40 heavy (non-hydrogen) atoms. The number of methoxy groups -OCH3 is 1. The van der Waals surface area contributed by atoms with Crippen molar-refractivity contribution in [2.45, 2.75) is 44.7 Å². The third-order valence-electron chi connectivity index (χ3n) is 6.29. The molecule has 1 atom stereocenters. The predicted octanol–water partition coefficient (Wildman–Crippen LogP) is 4.23. The number of likely N-dealkylation sites (N-methyl/N-ethyl adjacent to an activating group) is 1. The second kappa shape index (κ2) is 14.4. The minimum Gasteiger partial charge on any atom is -0.497 e. The fourth-order valence-corrected chi connectivity index (χ4v) is 5.68. The molecule has 0 aromatic heterocycles. The summed E-state index contributed by atoms with van der Waals surface area (Å²) in [4.78, 5) is 28.4. The summed E-state index contributed by atoms with van der Waals surface area (Å²) in [6, 6.07) is 20.9. The van der Waals surface area contributed by atoms with Gasteiger partial charge in [0.15, 0.2) is 0 Å². The van der Waals surface area contributed by atoms with E-state index in [1.54, 1.807) is 68.6 Å². The van der Waals surface area contributed by atoms with Crippen LogP contribution < -0.4 is 19.1 Å². The van der Waals surface area contributed by atoms with E-state index in [4.69, 9.17) is 9.47 Å². The van der Waals surface area contributed by atoms with E-state index in [-0.39, 0.29) is 17.3 Å². The average molecular weight is 568 g/mol. The summed E-state index contributed by atoms with van der Waals surface area (Å²) >= 11 is 0. The van der Waals surface area contributed by atoms with Gasteiger partial charge in [-0.05, 0) is 74.4 Å². The number of hydrogen-bond donors (Lipinski definition) is 1. The van der Waals surface area contributed by atoms with Crippen molar-refractivity contribution in [1.29, 1.82) is 0 Å². The predicted molar refractivity (Wildman–Crippen MR) is 155 cm³/mol. The third-order valence-corrected chi connectivity index (χ3v) is 8.08. The maximum absolute atomic E-state index is 14.0. The first-order valence-corrected chi connectivity index (χ1v) is 14.7. The van der Waals surface area contributed by atoms with Gasteiger partial charge in [0.1, 0.15) is 24.1 Å². The number of para-hydroxylation sites is 1. The van der Waals surface area contributed by atoms with E-state index in [1.165, 1.54) is 17.0 Å². The van der Waals surface area contributed by atoms with Gasteiger partial charge in [-0.15, -0.1) is 0 Å². The van der Waals surface area contributed by atoms with Crippen molar-refractivity contribution in [3.63, 3.8) is 0 Å². The van der Waals surface area contributed by atoms with Crippen LogP contribution in [-0.4, -0.2) is 58.0 Å². The number of hydrogen-bond acceptors (Lipinski definition) is 6. The number of carbonyl (C=O) groups is 2. The normalized spacial score (nSPS) is 11.8. The SMILES string of the molecule is CCNC(=O)C(CC)N(Cc1ccc(OC)cc1)C(=O)CN(c1ccccc1)S(=O)(=O)c1ccc(OCC)cc1.